The number of methoxy groups -OCH3 is 2. The minimum atomic E-state index is 0.363. The lowest BCUT2D eigenvalue weighted by Gasteiger charge is -2.12. The maximum atomic E-state index is 10.9. The van der Waals surface area contributed by atoms with E-state index >= 15 is 0 Å². The third-order valence-electron chi connectivity index (χ3n) is 2.53. The number of ether oxygens (including phenoxy) is 2. The molecule has 0 saturated heterocycles. The second-order valence-electron chi connectivity index (χ2n) is 3.63. The van der Waals surface area contributed by atoms with Crippen molar-refractivity contribution in [2.24, 2.45) is 0 Å². The zero-order valence-corrected chi connectivity index (χ0v) is 10.1. The van der Waals surface area contributed by atoms with E-state index in [0.717, 1.165) is 6.29 Å². The number of aromatic amines is 1. The van der Waals surface area contributed by atoms with Gasteiger partial charge in [-0.15, -0.1) is 0 Å². The van der Waals surface area contributed by atoms with Crippen LogP contribution in [0.3, 0.4) is 0 Å². The van der Waals surface area contributed by atoms with Crippen LogP contribution in [0.1, 0.15) is 10.4 Å². The molecule has 0 unspecified atom stereocenters. The number of aromatic nitrogens is 2. The van der Waals surface area contributed by atoms with Gasteiger partial charge in [0, 0.05) is 17.2 Å². The van der Waals surface area contributed by atoms with Crippen LogP contribution in [-0.4, -0.2) is 30.7 Å². The van der Waals surface area contributed by atoms with E-state index in [9.17, 15) is 4.79 Å². The van der Waals surface area contributed by atoms with Crippen molar-refractivity contribution in [1.82, 2.24) is 10.2 Å². The second kappa shape index (κ2) is 4.79. The fraction of sp³-hybridized carbons (Fsp3) is 0.167. The highest BCUT2D eigenvalue weighted by molar-refractivity contribution is 5.83. The van der Waals surface area contributed by atoms with Gasteiger partial charge in [0.1, 0.15) is 12.1 Å². The van der Waals surface area contributed by atoms with Crippen LogP contribution in [0.25, 0.3) is 11.3 Å². The van der Waals surface area contributed by atoms with Crippen LogP contribution in [0.5, 0.6) is 11.5 Å². The minimum absolute atomic E-state index is 0.363. The molecule has 0 fully saturated rings. The van der Waals surface area contributed by atoms with Crippen molar-refractivity contribution in [1.29, 1.82) is 0 Å². The molecule has 6 nitrogen and oxygen atoms in total. The standard InChI is InChI=1S/C12H13N3O3/c1-17-10-4-7(6-16)3-8(12(10)18-2)9-5-11(13)15-14-9/h3-6H,1-2H3,(H3,13,14,15). The van der Waals surface area contributed by atoms with Gasteiger partial charge in [0.15, 0.2) is 11.5 Å². The number of nitrogen functional groups attached to an aromatic ring is 1. The third kappa shape index (κ3) is 2.00. The van der Waals surface area contributed by atoms with Crippen molar-refractivity contribution >= 4 is 12.1 Å². The molecule has 0 atom stereocenters. The Morgan fingerprint density at radius 2 is 2.06 bits per heavy atom. The van der Waals surface area contributed by atoms with Crippen LogP contribution in [0.4, 0.5) is 5.82 Å². The highest BCUT2D eigenvalue weighted by Gasteiger charge is 2.15. The van der Waals surface area contributed by atoms with E-state index in [4.69, 9.17) is 15.2 Å². The van der Waals surface area contributed by atoms with Crippen LogP contribution in [-0.2, 0) is 0 Å². The van der Waals surface area contributed by atoms with E-state index in [2.05, 4.69) is 10.2 Å². The van der Waals surface area contributed by atoms with Crippen LogP contribution in [0, 0.1) is 0 Å². The molecule has 0 bridgehead atoms. The normalized spacial score (nSPS) is 10.1. The number of benzene rings is 1. The van der Waals surface area contributed by atoms with Gasteiger partial charge in [-0.2, -0.15) is 5.10 Å². The van der Waals surface area contributed by atoms with Gasteiger partial charge < -0.3 is 15.2 Å². The molecule has 1 aromatic carbocycles. The Balaban J connectivity index is 2.66. The number of H-pyrrole nitrogens is 1. The molecule has 1 heterocycles. The Morgan fingerprint density at radius 3 is 2.56 bits per heavy atom. The average Bonchev–Trinajstić information content (AvgIpc) is 2.83. The number of hydrogen-bond acceptors (Lipinski definition) is 5. The SMILES string of the molecule is COc1cc(C=O)cc(-c2cc(N)n[nH]2)c1OC. The highest BCUT2D eigenvalue weighted by atomic mass is 16.5. The molecule has 0 saturated carbocycles. The quantitative estimate of drug-likeness (QED) is 0.799. The molecule has 0 aliphatic rings. The first-order chi connectivity index (χ1) is 8.69. The summed E-state index contributed by atoms with van der Waals surface area (Å²) in [6, 6.07) is 4.95. The predicted molar refractivity (Wildman–Crippen MR) is 66.9 cm³/mol. The number of hydrogen-bond donors (Lipinski definition) is 2. The first-order valence-electron chi connectivity index (χ1n) is 5.22. The monoisotopic (exact) mass is 247 g/mol. The lowest BCUT2D eigenvalue weighted by molar-refractivity contribution is 0.112. The number of aldehydes is 1. The van der Waals surface area contributed by atoms with Crippen LogP contribution < -0.4 is 15.2 Å². The number of carbonyl (C=O) groups excluding carboxylic acids is 1. The van der Waals surface area contributed by atoms with Crippen molar-refractivity contribution in [3.8, 4) is 22.8 Å². The Kier molecular flexibility index (Phi) is 3.18. The summed E-state index contributed by atoms with van der Waals surface area (Å²) in [6.07, 6.45) is 0.741. The summed E-state index contributed by atoms with van der Waals surface area (Å²) in [4.78, 5) is 10.9. The molecule has 2 aromatic rings. The Labute approximate surface area is 104 Å². The zero-order chi connectivity index (χ0) is 13.1. The molecular weight excluding hydrogens is 234 g/mol. The summed E-state index contributed by atoms with van der Waals surface area (Å²) in [5.41, 5.74) is 7.38. The van der Waals surface area contributed by atoms with Crippen molar-refractivity contribution in [3.05, 3.63) is 23.8 Å². The molecule has 0 aliphatic heterocycles. The molecule has 0 amide bonds. The second-order valence-corrected chi connectivity index (χ2v) is 3.63. The molecule has 2 rings (SSSR count). The van der Waals surface area contributed by atoms with Crippen molar-refractivity contribution in [2.45, 2.75) is 0 Å². The largest absolute Gasteiger partial charge is 0.493 e. The minimum Gasteiger partial charge on any atom is -0.493 e. The number of anilines is 1. The predicted octanol–water partition coefficient (Wildman–Crippen LogP) is 1.49. The van der Waals surface area contributed by atoms with E-state index in [1.165, 1.54) is 14.2 Å². The Hall–Kier alpha value is -2.50. The summed E-state index contributed by atoms with van der Waals surface area (Å²) in [6.45, 7) is 0. The molecule has 0 spiro atoms. The fourth-order valence-corrected chi connectivity index (χ4v) is 1.73. The highest BCUT2D eigenvalue weighted by Crippen LogP contribution is 2.38. The van der Waals surface area contributed by atoms with Gasteiger partial charge in [0.2, 0.25) is 0 Å². The van der Waals surface area contributed by atoms with E-state index in [-0.39, 0.29) is 0 Å². The Bertz CT molecular complexity index is 578. The molecule has 6 heteroatoms. The van der Waals surface area contributed by atoms with Gasteiger partial charge in [0.25, 0.3) is 0 Å². The summed E-state index contributed by atoms with van der Waals surface area (Å²) in [5, 5.41) is 6.62. The van der Waals surface area contributed by atoms with Gasteiger partial charge in [0.05, 0.1) is 19.9 Å². The van der Waals surface area contributed by atoms with Gasteiger partial charge in [-0.25, -0.2) is 0 Å². The molecule has 0 radical (unpaired) electrons. The zero-order valence-electron chi connectivity index (χ0n) is 10.1. The number of nitrogens with one attached hydrogen (secondary N) is 1. The fourth-order valence-electron chi connectivity index (χ4n) is 1.73. The first kappa shape index (κ1) is 12.0. The molecular formula is C12H13N3O3. The summed E-state index contributed by atoms with van der Waals surface area (Å²) in [7, 11) is 3.04. The van der Waals surface area contributed by atoms with Crippen molar-refractivity contribution in [3.63, 3.8) is 0 Å². The van der Waals surface area contributed by atoms with E-state index in [0.29, 0.717) is 34.1 Å². The lowest BCUT2D eigenvalue weighted by atomic mass is 10.1. The van der Waals surface area contributed by atoms with E-state index < -0.39 is 0 Å². The number of nitrogens with two attached hydrogens (primary N) is 1. The molecule has 94 valence electrons. The van der Waals surface area contributed by atoms with Gasteiger partial charge in [-0.05, 0) is 12.1 Å². The van der Waals surface area contributed by atoms with Crippen LogP contribution >= 0.6 is 0 Å². The summed E-state index contributed by atoms with van der Waals surface area (Å²) < 4.78 is 10.5. The number of nitrogens with zero attached hydrogens (tertiary/aromatic N) is 1. The average molecular weight is 247 g/mol. The molecule has 1 aromatic heterocycles. The molecule has 0 aliphatic carbocycles. The maximum absolute atomic E-state index is 10.9. The smallest absolute Gasteiger partial charge is 0.170 e. The van der Waals surface area contributed by atoms with Gasteiger partial charge in [-0.1, -0.05) is 0 Å². The summed E-state index contributed by atoms with van der Waals surface area (Å²) in [5.74, 6) is 1.36. The van der Waals surface area contributed by atoms with E-state index in [1.54, 1.807) is 18.2 Å². The van der Waals surface area contributed by atoms with Crippen LogP contribution in [0.2, 0.25) is 0 Å². The van der Waals surface area contributed by atoms with Crippen molar-refractivity contribution in [2.75, 3.05) is 20.0 Å². The van der Waals surface area contributed by atoms with Crippen LogP contribution in [0.15, 0.2) is 18.2 Å². The summed E-state index contributed by atoms with van der Waals surface area (Å²) >= 11 is 0. The lowest BCUT2D eigenvalue weighted by Crippen LogP contribution is -1.96. The van der Waals surface area contributed by atoms with Crippen molar-refractivity contribution < 1.29 is 14.3 Å². The Morgan fingerprint density at radius 1 is 1.28 bits per heavy atom. The van der Waals surface area contributed by atoms with Gasteiger partial charge in [-0.3, -0.25) is 9.89 Å². The molecule has 3 N–H and O–H groups in total. The topological polar surface area (TPSA) is 90.2 Å². The maximum Gasteiger partial charge on any atom is 0.170 e. The van der Waals surface area contributed by atoms with E-state index in [1.807, 2.05) is 0 Å². The number of carbonyl (C=O) groups is 1. The first-order valence-corrected chi connectivity index (χ1v) is 5.22. The third-order valence-corrected chi connectivity index (χ3v) is 2.53. The molecule has 18 heavy (non-hydrogen) atoms. The van der Waals surface area contributed by atoms with Gasteiger partial charge >= 0.3 is 0 Å². The number of rotatable bonds is 4.